The van der Waals surface area contributed by atoms with Gasteiger partial charge in [0.25, 0.3) is 5.91 Å². The normalized spacial score (nSPS) is 17.9. The third-order valence-corrected chi connectivity index (χ3v) is 12.1. The first kappa shape index (κ1) is 27.2. The summed E-state index contributed by atoms with van der Waals surface area (Å²) in [7, 11) is 0.308. The van der Waals surface area contributed by atoms with Crippen molar-refractivity contribution < 1.29 is 14.0 Å². The molecule has 1 fully saturated rings. The molecule has 7 heteroatoms. The van der Waals surface area contributed by atoms with Crippen LogP contribution in [0.4, 0.5) is 5.69 Å². The van der Waals surface area contributed by atoms with E-state index in [-0.39, 0.29) is 17.2 Å². The van der Waals surface area contributed by atoms with Crippen LogP contribution in [-0.2, 0) is 4.43 Å². The van der Waals surface area contributed by atoms with Gasteiger partial charge in [-0.15, -0.1) is 0 Å². The minimum Gasteiger partial charge on any atom is -0.493 e. The van der Waals surface area contributed by atoms with Crippen molar-refractivity contribution in [3.63, 3.8) is 0 Å². The number of hydrogen-bond acceptors (Lipinski definition) is 5. The number of hydrogen-bond donors (Lipinski definition) is 1. The van der Waals surface area contributed by atoms with Gasteiger partial charge in [0.2, 0.25) is 0 Å². The Morgan fingerprint density at radius 3 is 2.49 bits per heavy atom. The Morgan fingerprint density at radius 2 is 1.89 bits per heavy atom. The molecule has 1 aliphatic heterocycles. The highest BCUT2D eigenvalue weighted by molar-refractivity contribution is 6.74. The van der Waals surface area contributed by atoms with Gasteiger partial charge in [0.1, 0.15) is 5.75 Å². The molecule has 0 spiro atoms. The zero-order valence-electron chi connectivity index (χ0n) is 22.5. The second-order valence-corrected chi connectivity index (χ2v) is 15.8. The summed E-state index contributed by atoms with van der Waals surface area (Å²) in [4.78, 5) is 16.7. The van der Waals surface area contributed by atoms with Crippen LogP contribution in [0.1, 0.15) is 56.1 Å². The Balaban J connectivity index is 1.81. The molecule has 6 nitrogen and oxygen atoms in total. The minimum atomic E-state index is -1.80. The summed E-state index contributed by atoms with van der Waals surface area (Å²) < 4.78 is 12.5. The summed E-state index contributed by atoms with van der Waals surface area (Å²) in [5.41, 5.74) is 8.21. The van der Waals surface area contributed by atoms with Gasteiger partial charge in [0, 0.05) is 38.4 Å². The van der Waals surface area contributed by atoms with Crippen molar-refractivity contribution in [2.24, 2.45) is 5.73 Å². The van der Waals surface area contributed by atoms with Gasteiger partial charge < -0.3 is 19.8 Å². The summed E-state index contributed by atoms with van der Waals surface area (Å²) in [5.74, 6) is 0.0484. The first-order chi connectivity index (χ1) is 16.4. The maximum Gasteiger partial charge on any atom is 0.252 e. The van der Waals surface area contributed by atoms with Crippen LogP contribution < -0.4 is 15.4 Å². The molecule has 3 rings (SSSR count). The van der Waals surface area contributed by atoms with Crippen LogP contribution in [0.25, 0.3) is 0 Å². The lowest BCUT2D eigenvalue weighted by Crippen LogP contribution is -2.45. The van der Waals surface area contributed by atoms with Gasteiger partial charge in [-0.1, -0.05) is 51.1 Å². The summed E-state index contributed by atoms with van der Waals surface area (Å²) in [6.45, 7) is 16.8. The van der Waals surface area contributed by atoms with Crippen molar-refractivity contribution >= 4 is 19.9 Å². The Labute approximate surface area is 212 Å². The number of primary amides is 1. The lowest BCUT2D eigenvalue weighted by Gasteiger charge is -2.38. The highest BCUT2D eigenvalue weighted by atomic mass is 28.4. The zero-order valence-corrected chi connectivity index (χ0v) is 23.5. The monoisotopic (exact) mass is 497 g/mol. The molecule has 0 radical (unpaired) electrons. The average molecular weight is 498 g/mol. The molecule has 2 atom stereocenters. The highest BCUT2D eigenvalue weighted by Crippen LogP contribution is 2.38. The average Bonchev–Trinajstić information content (AvgIpc) is 3.23. The van der Waals surface area contributed by atoms with Crippen molar-refractivity contribution in [2.45, 2.75) is 64.4 Å². The lowest BCUT2D eigenvalue weighted by molar-refractivity contribution is 0.0996. The molecule has 1 amide bonds. The minimum absolute atomic E-state index is 0.136. The van der Waals surface area contributed by atoms with Crippen LogP contribution in [0.5, 0.6) is 5.75 Å². The van der Waals surface area contributed by atoms with E-state index in [9.17, 15) is 4.79 Å². The van der Waals surface area contributed by atoms with Crippen LogP contribution in [0.15, 0.2) is 48.5 Å². The summed E-state index contributed by atoms with van der Waals surface area (Å²) in [6, 6.07) is 16.4. The molecule has 35 heavy (non-hydrogen) atoms. The van der Waals surface area contributed by atoms with E-state index in [1.54, 1.807) is 6.07 Å². The van der Waals surface area contributed by atoms with E-state index in [4.69, 9.17) is 14.9 Å². The quantitative estimate of drug-likeness (QED) is 0.442. The third-order valence-electron chi connectivity index (χ3n) is 7.52. The highest BCUT2D eigenvalue weighted by Gasteiger charge is 2.40. The molecule has 0 unspecified atom stereocenters. The fourth-order valence-electron chi connectivity index (χ4n) is 4.41. The van der Waals surface area contributed by atoms with Crippen molar-refractivity contribution in [1.29, 1.82) is 0 Å². The molecule has 1 aliphatic rings. The molecule has 1 saturated heterocycles. The predicted octanol–water partition coefficient (Wildman–Crippen LogP) is 5.46. The molecule has 192 valence electrons. The number of carbonyl (C=O) groups is 1. The number of anilines is 1. The second-order valence-electron chi connectivity index (χ2n) is 11.1. The van der Waals surface area contributed by atoms with Crippen LogP contribution in [0, 0.1) is 0 Å². The molecule has 0 aromatic heterocycles. The first-order valence-electron chi connectivity index (χ1n) is 12.7. The fourth-order valence-corrected chi connectivity index (χ4v) is 5.79. The van der Waals surface area contributed by atoms with Crippen LogP contribution in [0.2, 0.25) is 18.1 Å². The molecule has 0 bridgehead atoms. The number of benzene rings is 2. The van der Waals surface area contributed by atoms with E-state index in [1.807, 2.05) is 25.1 Å². The van der Waals surface area contributed by atoms with E-state index in [1.165, 1.54) is 5.56 Å². The summed E-state index contributed by atoms with van der Waals surface area (Å²) in [5, 5.41) is 0.211. The Kier molecular flexibility index (Phi) is 8.67. The van der Waals surface area contributed by atoms with Gasteiger partial charge in [-0.2, -0.15) is 0 Å². The van der Waals surface area contributed by atoms with E-state index in [0.29, 0.717) is 17.9 Å². The van der Waals surface area contributed by atoms with Crippen LogP contribution in [0.3, 0.4) is 0 Å². The van der Waals surface area contributed by atoms with Gasteiger partial charge in [0.05, 0.1) is 24.3 Å². The van der Waals surface area contributed by atoms with E-state index < -0.39 is 14.2 Å². The Bertz CT molecular complexity index is 991. The van der Waals surface area contributed by atoms with Gasteiger partial charge >= 0.3 is 0 Å². The van der Waals surface area contributed by atoms with Crippen molar-refractivity contribution in [2.75, 3.05) is 38.2 Å². The third kappa shape index (κ3) is 6.66. The van der Waals surface area contributed by atoms with Crippen molar-refractivity contribution in [1.82, 2.24) is 4.90 Å². The van der Waals surface area contributed by atoms with Crippen molar-refractivity contribution in [3.05, 3.63) is 59.7 Å². The number of likely N-dealkylation sites (N-methyl/N-ethyl adjacent to an activating group) is 1. The van der Waals surface area contributed by atoms with E-state index in [2.05, 4.69) is 75.0 Å². The maximum absolute atomic E-state index is 11.9. The van der Waals surface area contributed by atoms with Crippen LogP contribution >= 0.6 is 0 Å². The van der Waals surface area contributed by atoms with E-state index in [0.717, 1.165) is 31.7 Å². The Hall–Kier alpha value is -2.35. The number of ether oxygens (including phenoxy) is 1. The predicted molar refractivity (Wildman–Crippen MR) is 147 cm³/mol. The second kappa shape index (κ2) is 11.1. The van der Waals surface area contributed by atoms with Gasteiger partial charge in [-0.05, 0) is 49.2 Å². The fraction of sp³-hybridized carbons (Fsp3) is 0.536. The number of carbonyl (C=O) groups excluding carboxylic acids is 1. The van der Waals surface area contributed by atoms with E-state index >= 15 is 0 Å². The Morgan fingerprint density at radius 1 is 1.20 bits per heavy atom. The van der Waals surface area contributed by atoms with Crippen LogP contribution in [-0.4, -0.2) is 58.5 Å². The number of nitrogens with zero attached hydrogens (tertiary/aromatic N) is 2. The number of amides is 1. The van der Waals surface area contributed by atoms with Gasteiger partial charge in [0.15, 0.2) is 8.32 Å². The lowest BCUT2D eigenvalue weighted by atomic mass is 10.0. The molecule has 2 aromatic rings. The smallest absolute Gasteiger partial charge is 0.252 e. The molecule has 1 heterocycles. The van der Waals surface area contributed by atoms with Crippen molar-refractivity contribution in [3.8, 4) is 5.75 Å². The molecular formula is C28H43N3O3Si. The molecule has 0 saturated carbocycles. The molecule has 0 aliphatic carbocycles. The summed E-state index contributed by atoms with van der Waals surface area (Å²) >= 11 is 0. The standard InChI is InChI=1S/C28H43N3O3Si/c1-8-33-26-18-22(14-15-24(26)27(29)32)30(5)25(21-12-10-9-11-13-21)20-31-17-16-23(19-31)34-35(6,7)28(2,3)4/h9-15,18,23,25H,8,16-17,19-20H2,1-7H3,(H2,29,32)/t23-,25+/m0/s1. The number of likely N-dealkylation sites (tertiary alicyclic amines) is 1. The maximum atomic E-state index is 11.9. The van der Waals surface area contributed by atoms with Gasteiger partial charge in [-0.25, -0.2) is 0 Å². The number of rotatable bonds is 10. The molecule has 2 N–H and O–H groups in total. The topological polar surface area (TPSA) is 68.0 Å². The molecular weight excluding hydrogens is 454 g/mol. The summed E-state index contributed by atoms with van der Waals surface area (Å²) in [6.07, 6.45) is 1.36. The van der Waals surface area contributed by atoms with Gasteiger partial charge in [-0.3, -0.25) is 9.69 Å². The SMILES string of the molecule is CCOc1cc(N(C)[C@H](CN2CC[C@H](O[Si](C)(C)C(C)(C)C)C2)c2ccccc2)ccc1C(N)=O. The molecule has 2 aromatic carbocycles. The largest absolute Gasteiger partial charge is 0.493 e. The first-order valence-corrected chi connectivity index (χ1v) is 15.6. The zero-order chi connectivity index (χ0) is 25.8. The number of nitrogens with two attached hydrogens (primary N) is 1.